The molecule has 32 heavy (non-hydrogen) atoms. The quantitative estimate of drug-likeness (QED) is 0.715. The molecule has 4 atom stereocenters. The molecular formula is C26H32N2O4. The molecule has 2 aromatic carbocycles. The van der Waals surface area contributed by atoms with Crippen LogP contribution in [-0.4, -0.2) is 49.7 Å². The van der Waals surface area contributed by atoms with Crippen LogP contribution in [0.1, 0.15) is 37.7 Å². The molecule has 2 heterocycles. The van der Waals surface area contributed by atoms with Gasteiger partial charge in [0.1, 0.15) is 12.2 Å². The summed E-state index contributed by atoms with van der Waals surface area (Å²) in [5.74, 6) is 0. The number of hydrogen-bond donors (Lipinski definition) is 2. The Morgan fingerprint density at radius 2 is 1.59 bits per heavy atom. The van der Waals surface area contributed by atoms with Crippen LogP contribution in [-0.2, 0) is 20.8 Å². The molecule has 3 aliphatic rings. The summed E-state index contributed by atoms with van der Waals surface area (Å²) < 4.78 is 17.6. The number of benzene rings is 2. The van der Waals surface area contributed by atoms with Gasteiger partial charge in [-0.05, 0) is 29.5 Å². The second-order valence-corrected chi connectivity index (χ2v) is 9.07. The Kier molecular flexibility index (Phi) is 6.72. The summed E-state index contributed by atoms with van der Waals surface area (Å²) in [6, 6.07) is 19.3. The Hall–Kier alpha value is -2.41. The van der Waals surface area contributed by atoms with Crippen molar-refractivity contribution < 1.29 is 19.0 Å². The molecule has 0 spiro atoms. The van der Waals surface area contributed by atoms with Crippen LogP contribution in [0, 0.1) is 0 Å². The van der Waals surface area contributed by atoms with Gasteiger partial charge in [0.2, 0.25) is 0 Å². The van der Waals surface area contributed by atoms with Gasteiger partial charge in [-0.15, -0.1) is 0 Å². The van der Waals surface area contributed by atoms with E-state index in [1.807, 2.05) is 6.07 Å². The summed E-state index contributed by atoms with van der Waals surface area (Å²) in [4.78, 5) is 12.3. The van der Waals surface area contributed by atoms with E-state index in [4.69, 9.17) is 14.2 Å². The highest BCUT2D eigenvalue weighted by Gasteiger charge is 2.49. The summed E-state index contributed by atoms with van der Waals surface area (Å²) in [5, 5.41) is 6.57. The monoisotopic (exact) mass is 436 g/mol. The van der Waals surface area contributed by atoms with E-state index in [2.05, 4.69) is 59.2 Å². The van der Waals surface area contributed by atoms with Crippen LogP contribution >= 0.6 is 0 Å². The normalized spacial score (nSPS) is 27.8. The molecule has 1 amide bonds. The van der Waals surface area contributed by atoms with E-state index in [-0.39, 0.29) is 36.5 Å². The van der Waals surface area contributed by atoms with E-state index in [1.165, 1.54) is 36.0 Å². The van der Waals surface area contributed by atoms with E-state index in [9.17, 15) is 4.79 Å². The fraction of sp³-hybridized carbons (Fsp3) is 0.500. The highest BCUT2D eigenvalue weighted by atomic mass is 16.6. The van der Waals surface area contributed by atoms with E-state index in [1.54, 1.807) is 0 Å². The van der Waals surface area contributed by atoms with E-state index >= 15 is 0 Å². The molecule has 2 aromatic rings. The standard InChI is InChI=1S/C26H32N2O4/c29-26(28-21-9-5-2-6-10-21)32-23-17-31-24-22(16-30-25(23)24)27-15-18-11-13-20(14-12-18)19-7-3-1-4-8-19/h1,3-4,7-8,11-14,21-25,27H,2,5-6,9-10,15-17H2,(H,28,29)/t22-,23+,24+,25+/m0/s1. The van der Waals surface area contributed by atoms with Crippen molar-refractivity contribution in [1.82, 2.24) is 10.6 Å². The van der Waals surface area contributed by atoms with Gasteiger partial charge in [0.05, 0.1) is 19.3 Å². The van der Waals surface area contributed by atoms with Gasteiger partial charge in [0.25, 0.3) is 0 Å². The van der Waals surface area contributed by atoms with Crippen molar-refractivity contribution in [3.05, 3.63) is 60.2 Å². The largest absolute Gasteiger partial charge is 0.441 e. The molecule has 5 rings (SSSR count). The molecule has 1 saturated carbocycles. The smallest absolute Gasteiger partial charge is 0.407 e. The maximum Gasteiger partial charge on any atom is 0.407 e. The lowest BCUT2D eigenvalue weighted by molar-refractivity contribution is 0.00252. The van der Waals surface area contributed by atoms with Gasteiger partial charge in [0, 0.05) is 12.6 Å². The summed E-state index contributed by atoms with van der Waals surface area (Å²) >= 11 is 0. The summed E-state index contributed by atoms with van der Waals surface area (Å²) in [5.41, 5.74) is 3.65. The van der Waals surface area contributed by atoms with Crippen LogP contribution in [0.15, 0.2) is 54.6 Å². The number of rotatable bonds is 6. The van der Waals surface area contributed by atoms with Crippen molar-refractivity contribution in [3.63, 3.8) is 0 Å². The average Bonchev–Trinajstić information content (AvgIpc) is 3.42. The van der Waals surface area contributed by atoms with Crippen molar-refractivity contribution >= 4 is 6.09 Å². The minimum atomic E-state index is -0.347. The summed E-state index contributed by atoms with van der Waals surface area (Å²) in [6.45, 7) is 1.68. The number of alkyl carbamates (subject to hydrolysis) is 1. The van der Waals surface area contributed by atoms with Crippen molar-refractivity contribution in [1.29, 1.82) is 0 Å². The molecule has 3 fully saturated rings. The number of hydrogen-bond acceptors (Lipinski definition) is 5. The zero-order valence-electron chi connectivity index (χ0n) is 18.4. The number of carbonyl (C=O) groups excluding carboxylic acids is 1. The van der Waals surface area contributed by atoms with Crippen LogP contribution in [0.4, 0.5) is 4.79 Å². The Morgan fingerprint density at radius 3 is 2.38 bits per heavy atom. The van der Waals surface area contributed by atoms with Gasteiger partial charge in [-0.1, -0.05) is 73.9 Å². The van der Waals surface area contributed by atoms with Crippen molar-refractivity contribution in [3.8, 4) is 11.1 Å². The minimum Gasteiger partial charge on any atom is -0.441 e. The van der Waals surface area contributed by atoms with E-state index in [0.717, 1.165) is 19.4 Å². The van der Waals surface area contributed by atoms with Crippen LogP contribution in [0.5, 0.6) is 0 Å². The molecule has 6 nitrogen and oxygen atoms in total. The zero-order chi connectivity index (χ0) is 21.8. The molecule has 0 unspecified atom stereocenters. The maximum atomic E-state index is 12.3. The van der Waals surface area contributed by atoms with E-state index in [0.29, 0.717) is 13.2 Å². The third kappa shape index (κ3) is 4.98. The average molecular weight is 437 g/mol. The van der Waals surface area contributed by atoms with Gasteiger partial charge in [0.15, 0.2) is 6.10 Å². The SMILES string of the molecule is O=C(NC1CCCCC1)O[C@@H]1CO[C@H]2[C@@H]1OC[C@@H]2NCc1ccc(-c2ccccc2)cc1. The van der Waals surface area contributed by atoms with Crippen LogP contribution in [0.2, 0.25) is 0 Å². The molecular weight excluding hydrogens is 404 g/mol. The third-order valence-corrected chi connectivity index (χ3v) is 6.82. The maximum absolute atomic E-state index is 12.3. The molecule has 6 heteroatoms. The molecule has 2 N–H and O–H groups in total. The lowest BCUT2D eigenvalue weighted by Crippen LogP contribution is -2.43. The van der Waals surface area contributed by atoms with Crippen molar-refractivity contribution in [2.45, 2.75) is 69.0 Å². The molecule has 2 saturated heterocycles. The van der Waals surface area contributed by atoms with Crippen LogP contribution in [0.3, 0.4) is 0 Å². The van der Waals surface area contributed by atoms with Gasteiger partial charge in [-0.25, -0.2) is 4.79 Å². The highest BCUT2D eigenvalue weighted by molar-refractivity contribution is 5.68. The summed E-state index contributed by atoms with van der Waals surface area (Å²) in [7, 11) is 0. The number of carbonyl (C=O) groups is 1. The number of nitrogens with one attached hydrogen (secondary N) is 2. The first-order valence-electron chi connectivity index (χ1n) is 11.8. The van der Waals surface area contributed by atoms with E-state index < -0.39 is 0 Å². The highest BCUT2D eigenvalue weighted by Crippen LogP contribution is 2.29. The van der Waals surface area contributed by atoms with Gasteiger partial charge in [-0.2, -0.15) is 0 Å². The second kappa shape index (κ2) is 10.0. The molecule has 170 valence electrons. The summed E-state index contributed by atoms with van der Waals surface area (Å²) in [6.07, 6.45) is 4.70. The third-order valence-electron chi connectivity index (χ3n) is 6.82. The first kappa shape index (κ1) is 21.4. The predicted octanol–water partition coefficient (Wildman–Crippen LogP) is 4.04. The van der Waals surface area contributed by atoms with Gasteiger partial charge >= 0.3 is 6.09 Å². The Balaban J connectivity index is 1.10. The fourth-order valence-electron chi connectivity index (χ4n) is 5.02. The van der Waals surface area contributed by atoms with Gasteiger partial charge in [-0.3, -0.25) is 0 Å². The topological polar surface area (TPSA) is 68.8 Å². The lowest BCUT2D eigenvalue weighted by Gasteiger charge is -2.24. The van der Waals surface area contributed by atoms with Crippen molar-refractivity contribution in [2.75, 3.05) is 13.2 Å². The number of amides is 1. The molecule has 1 aliphatic carbocycles. The first-order valence-corrected chi connectivity index (χ1v) is 11.8. The Bertz CT molecular complexity index is 882. The van der Waals surface area contributed by atoms with Crippen molar-refractivity contribution in [2.24, 2.45) is 0 Å². The number of ether oxygens (including phenoxy) is 3. The Labute approximate surface area is 189 Å². The molecule has 0 radical (unpaired) electrons. The van der Waals surface area contributed by atoms with Crippen LogP contribution in [0.25, 0.3) is 11.1 Å². The molecule has 0 bridgehead atoms. The molecule has 2 aliphatic heterocycles. The number of fused-ring (bicyclic) bond motifs is 1. The minimum absolute atomic E-state index is 0.0869. The predicted molar refractivity (Wildman–Crippen MR) is 122 cm³/mol. The Morgan fingerprint density at radius 1 is 0.875 bits per heavy atom. The van der Waals surface area contributed by atoms with Crippen LogP contribution < -0.4 is 10.6 Å². The second-order valence-electron chi connectivity index (χ2n) is 9.07. The van der Waals surface area contributed by atoms with Gasteiger partial charge < -0.3 is 24.8 Å². The lowest BCUT2D eigenvalue weighted by atomic mass is 9.96. The molecule has 0 aromatic heterocycles. The first-order chi connectivity index (χ1) is 15.8. The fourth-order valence-corrected chi connectivity index (χ4v) is 5.02. The zero-order valence-corrected chi connectivity index (χ0v) is 18.4.